The monoisotopic (exact) mass is 184 g/mol. The van der Waals surface area contributed by atoms with Crippen LogP contribution in [0.1, 0.15) is 13.8 Å². The molecule has 0 spiro atoms. The Bertz CT molecular complexity index is 33.8. The first kappa shape index (κ1) is 16.2. The van der Waals surface area contributed by atoms with Crippen molar-refractivity contribution < 1.29 is 31.9 Å². The van der Waals surface area contributed by atoms with E-state index in [2.05, 4.69) is 0 Å². The third-order valence-electron chi connectivity index (χ3n) is 0. The molecule has 0 atom stereocenters. The molecular weight excluding hydrogens is 179 g/mol. The second kappa shape index (κ2) is 9.02. The van der Waals surface area contributed by atoms with Crippen molar-refractivity contribution >= 4 is 5.78 Å². The molecule has 0 aliphatic heterocycles. The van der Waals surface area contributed by atoms with E-state index >= 15 is 0 Å². The Hall–Kier alpha value is 0.340. The number of hydrogen-bond donors (Lipinski definition) is 0. The Morgan fingerprint density at radius 1 is 1.33 bits per heavy atom. The minimum atomic E-state index is 0. The molecule has 0 radical (unpaired) electrons. The van der Waals surface area contributed by atoms with E-state index in [1.54, 1.807) is 0 Å². The van der Waals surface area contributed by atoms with E-state index in [1.165, 1.54) is 13.8 Å². The molecule has 0 saturated carbocycles. The molecule has 0 aromatic rings. The average molecular weight is 185 g/mol. The molecule has 0 aromatic carbocycles. The Labute approximate surface area is 52.0 Å². The van der Waals surface area contributed by atoms with Crippen LogP contribution in [0.15, 0.2) is 0 Å². The van der Waals surface area contributed by atoms with Gasteiger partial charge in [-0.1, -0.05) is 0 Å². The van der Waals surface area contributed by atoms with Crippen molar-refractivity contribution in [1.29, 1.82) is 0 Å². The zero-order chi connectivity index (χ0) is 3.58. The van der Waals surface area contributed by atoms with Crippen molar-refractivity contribution in [3.05, 3.63) is 0 Å². The van der Waals surface area contributed by atoms with Crippen molar-refractivity contribution in [3.63, 3.8) is 0 Å². The fourth-order valence-electron chi connectivity index (χ4n) is 0. The van der Waals surface area contributed by atoms with Gasteiger partial charge in [0.1, 0.15) is 5.78 Å². The van der Waals surface area contributed by atoms with Crippen LogP contribution in [0.3, 0.4) is 0 Å². The van der Waals surface area contributed by atoms with Crippen LogP contribution in [0.25, 0.3) is 0 Å². The Kier molecular flexibility index (Phi) is 24.4. The maximum absolute atomic E-state index is 9.44. The molecule has 0 N–H and O–H groups in total. The second-order valence-corrected chi connectivity index (χ2v) is 0.908. The standard InChI is InChI=1S/C3H6O.Ag.FH/c1-3(2)4;;/h1-2H3;;1H/q;+1;/p-1. The summed E-state index contributed by atoms with van der Waals surface area (Å²) < 4.78 is 0. The summed E-state index contributed by atoms with van der Waals surface area (Å²) in [5.74, 6) is 0.167. The van der Waals surface area contributed by atoms with E-state index in [0.717, 1.165) is 0 Å². The van der Waals surface area contributed by atoms with Gasteiger partial charge in [0, 0.05) is 0 Å². The van der Waals surface area contributed by atoms with Crippen LogP contribution in [-0.4, -0.2) is 5.78 Å². The third-order valence-corrected chi connectivity index (χ3v) is 0. The average Bonchev–Trinajstić information content (AvgIpc) is 0.811. The van der Waals surface area contributed by atoms with E-state index in [-0.39, 0.29) is 32.9 Å². The molecule has 0 fully saturated rings. The Balaban J connectivity index is -0.0000000450. The first-order valence-corrected chi connectivity index (χ1v) is 1.20. The van der Waals surface area contributed by atoms with Gasteiger partial charge in [0.15, 0.2) is 0 Å². The second-order valence-electron chi connectivity index (χ2n) is 0.908. The predicted octanol–water partition coefficient (Wildman–Crippen LogP) is -2.40. The van der Waals surface area contributed by atoms with Crippen molar-refractivity contribution in [2.75, 3.05) is 0 Å². The van der Waals surface area contributed by atoms with Gasteiger partial charge >= 0.3 is 22.4 Å². The van der Waals surface area contributed by atoms with Gasteiger partial charge in [-0.05, 0) is 13.8 Å². The van der Waals surface area contributed by atoms with E-state index < -0.39 is 0 Å². The van der Waals surface area contributed by atoms with Gasteiger partial charge in [-0.2, -0.15) is 0 Å². The largest absolute Gasteiger partial charge is 1.00 e. The molecule has 0 heterocycles. The first-order chi connectivity index (χ1) is 1.73. The summed E-state index contributed by atoms with van der Waals surface area (Å²) >= 11 is 0. The Morgan fingerprint density at radius 2 is 1.33 bits per heavy atom. The number of carbonyl (C=O) groups excluding carboxylic acids is 1. The van der Waals surface area contributed by atoms with Crippen LogP contribution in [0.5, 0.6) is 0 Å². The maximum atomic E-state index is 9.44. The van der Waals surface area contributed by atoms with E-state index in [0.29, 0.717) is 0 Å². The van der Waals surface area contributed by atoms with Gasteiger partial charge in [-0.25, -0.2) is 0 Å². The van der Waals surface area contributed by atoms with Crippen molar-refractivity contribution in [2.24, 2.45) is 0 Å². The maximum Gasteiger partial charge on any atom is 1.00 e. The molecule has 0 unspecified atom stereocenters. The van der Waals surface area contributed by atoms with Gasteiger partial charge in [0.05, 0.1) is 0 Å². The third kappa shape index (κ3) is 418. The summed E-state index contributed by atoms with van der Waals surface area (Å²) in [5.41, 5.74) is 0. The molecule has 0 amide bonds. The van der Waals surface area contributed by atoms with Gasteiger partial charge in [-0.15, -0.1) is 0 Å². The molecule has 0 aromatic heterocycles. The predicted molar refractivity (Wildman–Crippen MR) is 16.4 cm³/mol. The smallest absolute Gasteiger partial charge is 1.00 e. The summed E-state index contributed by atoms with van der Waals surface area (Å²) in [7, 11) is 0. The number of carbonyl (C=O) groups is 1. The minimum Gasteiger partial charge on any atom is -1.00 e. The number of Topliss-reactive ketones (excluding diaryl/α,β-unsaturated/α-hetero) is 1. The van der Waals surface area contributed by atoms with Crippen LogP contribution < -0.4 is 4.70 Å². The molecule has 0 aliphatic carbocycles. The molecule has 0 rings (SSSR count). The van der Waals surface area contributed by atoms with E-state index in [4.69, 9.17) is 0 Å². The summed E-state index contributed by atoms with van der Waals surface area (Å²) in [6.07, 6.45) is 0. The summed E-state index contributed by atoms with van der Waals surface area (Å²) in [6.45, 7) is 3.06. The molecular formula is C3H6AgFO. The fourth-order valence-corrected chi connectivity index (χ4v) is 0. The molecule has 0 saturated heterocycles. The zero-order valence-corrected chi connectivity index (χ0v) is 5.07. The fraction of sp³-hybridized carbons (Fsp3) is 0.667. The van der Waals surface area contributed by atoms with E-state index in [1.807, 2.05) is 0 Å². The zero-order valence-electron chi connectivity index (χ0n) is 3.59. The topological polar surface area (TPSA) is 17.1 Å². The molecule has 0 bridgehead atoms. The van der Waals surface area contributed by atoms with Crippen molar-refractivity contribution in [2.45, 2.75) is 13.8 Å². The minimum absolute atomic E-state index is 0. The number of rotatable bonds is 0. The van der Waals surface area contributed by atoms with Crippen LogP contribution in [-0.2, 0) is 27.2 Å². The quantitative estimate of drug-likeness (QED) is 0.384. The van der Waals surface area contributed by atoms with Crippen LogP contribution in [0, 0.1) is 0 Å². The Morgan fingerprint density at radius 3 is 1.33 bits per heavy atom. The number of halogens is 1. The summed E-state index contributed by atoms with van der Waals surface area (Å²) in [4.78, 5) is 9.44. The summed E-state index contributed by atoms with van der Waals surface area (Å²) in [5, 5.41) is 0. The van der Waals surface area contributed by atoms with Crippen molar-refractivity contribution in [1.82, 2.24) is 0 Å². The summed E-state index contributed by atoms with van der Waals surface area (Å²) in [6, 6.07) is 0. The van der Waals surface area contributed by atoms with Gasteiger partial charge < -0.3 is 9.50 Å². The van der Waals surface area contributed by atoms with Crippen LogP contribution >= 0.6 is 0 Å². The van der Waals surface area contributed by atoms with Crippen molar-refractivity contribution in [3.8, 4) is 0 Å². The van der Waals surface area contributed by atoms with Gasteiger partial charge in [0.2, 0.25) is 0 Å². The molecule has 3 heteroatoms. The number of hydrogen-bond acceptors (Lipinski definition) is 1. The van der Waals surface area contributed by atoms with Gasteiger partial charge in [-0.3, -0.25) is 0 Å². The van der Waals surface area contributed by atoms with E-state index in [9.17, 15) is 4.79 Å². The number of ketones is 1. The van der Waals surface area contributed by atoms with Crippen LogP contribution in [0.4, 0.5) is 0 Å². The van der Waals surface area contributed by atoms with Gasteiger partial charge in [0.25, 0.3) is 0 Å². The normalized spacial score (nSPS) is 4.33. The molecule has 1 nitrogen and oxygen atoms in total. The molecule has 42 valence electrons. The molecule has 6 heavy (non-hydrogen) atoms. The first-order valence-electron chi connectivity index (χ1n) is 1.20. The molecule has 0 aliphatic rings. The van der Waals surface area contributed by atoms with Crippen LogP contribution in [0.2, 0.25) is 0 Å². The SMILES string of the molecule is CC(C)=O.[Ag+].[F-].